The van der Waals surface area contributed by atoms with Crippen molar-refractivity contribution in [3.8, 4) is 5.69 Å². The van der Waals surface area contributed by atoms with E-state index in [9.17, 15) is 4.79 Å². The molecule has 5 nitrogen and oxygen atoms in total. The summed E-state index contributed by atoms with van der Waals surface area (Å²) in [4.78, 5) is 12.5. The maximum absolute atomic E-state index is 12.5. The number of aromatic nitrogens is 3. The molecule has 0 spiro atoms. The Labute approximate surface area is 198 Å². The van der Waals surface area contributed by atoms with Crippen molar-refractivity contribution >= 4 is 50.9 Å². The Morgan fingerprint density at radius 1 is 1.00 bits per heavy atom. The molecule has 0 saturated heterocycles. The third-order valence-corrected chi connectivity index (χ3v) is 6.31. The van der Waals surface area contributed by atoms with Gasteiger partial charge in [-0.3, -0.25) is 9.36 Å². The van der Waals surface area contributed by atoms with Crippen LogP contribution in [0.5, 0.6) is 0 Å². The van der Waals surface area contributed by atoms with Crippen LogP contribution < -0.4 is 5.32 Å². The summed E-state index contributed by atoms with van der Waals surface area (Å²) in [5.74, 6) is 0.857. The minimum absolute atomic E-state index is 0.123. The van der Waals surface area contributed by atoms with Gasteiger partial charge in [0.1, 0.15) is 5.82 Å². The van der Waals surface area contributed by atoms with Gasteiger partial charge in [0.05, 0.1) is 17.1 Å². The summed E-state index contributed by atoms with van der Waals surface area (Å²) in [5, 5.41) is 12.9. The summed E-state index contributed by atoms with van der Waals surface area (Å²) in [6, 6.07) is 25.1. The molecule has 1 aromatic heterocycles. The quantitative estimate of drug-likeness (QED) is 0.308. The monoisotopic (exact) mass is 512 g/mol. The Hall–Kier alpha value is -2.61. The Balaban J connectivity index is 1.57. The smallest absolute Gasteiger partial charge is 0.234 e. The van der Waals surface area contributed by atoms with E-state index in [0.29, 0.717) is 16.6 Å². The maximum atomic E-state index is 12.5. The average molecular weight is 514 g/mol. The van der Waals surface area contributed by atoms with Crippen molar-refractivity contribution < 1.29 is 4.79 Å². The highest BCUT2D eigenvalue weighted by molar-refractivity contribution is 9.10. The van der Waals surface area contributed by atoms with Crippen LogP contribution >= 0.6 is 39.3 Å². The molecule has 0 aliphatic rings. The highest BCUT2D eigenvalue weighted by Crippen LogP contribution is 2.26. The standard InChI is InChI=1S/C23H18BrClN4OS/c24-19-11-4-5-12-20(19)26-22(30)15-31-23-28-27-21(13-16-7-2-1-3-8-16)29(23)18-10-6-9-17(25)14-18/h1-12,14H,13,15H2,(H,26,30). The van der Waals surface area contributed by atoms with Gasteiger partial charge in [-0.25, -0.2) is 0 Å². The number of carbonyl (C=O) groups excluding carboxylic acids is 1. The molecule has 0 fully saturated rings. The van der Waals surface area contributed by atoms with Crippen LogP contribution in [0.25, 0.3) is 5.69 Å². The van der Waals surface area contributed by atoms with Gasteiger partial charge in [0, 0.05) is 15.9 Å². The third-order valence-electron chi connectivity index (χ3n) is 4.45. The first-order chi connectivity index (χ1) is 15.1. The van der Waals surface area contributed by atoms with Crippen LogP contribution in [0.4, 0.5) is 5.69 Å². The Morgan fingerprint density at radius 3 is 2.55 bits per heavy atom. The first kappa shape index (κ1) is 21.6. The van der Waals surface area contributed by atoms with E-state index < -0.39 is 0 Å². The predicted octanol–water partition coefficient (Wildman–Crippen LogP) is 6.00. The van der Waals surface area contributed by atoms with Gasteiger partial charge in [0.25, 0.3) is 0 Å². The van der Waals surface area contributed by atoms with Crippen molar-refractivity contribution in [3.63, 3.8) is 0 Å². The van der Waals surface area contributed by atoms with E-state index in [4.69, 9.17) is 11.6 Å². The van der Waals surface area contributed by atoms with Crippen LogP contribution in [0, 0.1) is 0 Å². The fraction of sp³-hybridized carbons (Fsp3) is 0.0870. The number of halogens is 2. The van der Waals surface area contributed by atoms with Crippen molar-refractivity contribution in [2.24, 2.45) is 0 Å². The number of nitrogens with one attached hydrogen (secondary N) is 1. The lowest BCUT2D eigenvalue weighted by molar-refractivity contribution is -0.113. The molecule has 0 aliphatic heterocycles. The molecule has 0 aliphatic carbocycles. The van der Waals surface area contributed by atoms with Crippen molar-refractivity contribution in [2.45, 2.75) is 11.6 Å². The molecule has 8 heteroatoms. The Bertz CT molecular complexity index is 1200. The molecule has 4 rings (SSSR count). The van der Waals surface area contributed by atoms with Crippen LogP contribution in [0.3, 0.4) is 0 Å². The summed E-state index contributed by atoms with van der Waals surface area (Å²) in [7, 11) is 0. The molecule has 156 valence electrons. The first-order valence-electron chi connectivity index (χ1n) is 9.51. The highest BCUT2D eigenvalue weighted by atomic mass is 79.9. The van der Waals surface area contributed by atoms with Gasteiger partial charge in [-0.15, -0.1) is 10.2 Å². The molecule has 3 aromatic carbocycles. The molecule has 0 radical (unpaired) electrons. The van der Waals surface area contributed by atoms with Gasteiger partial charge in [-0.05, 0) is 51.8 Å². The van der Waals surface area contributed by atoms with Crippen LogP contribution in [-0.2, 0) is 11.2 Å². The summed E-state index contributed by atoms with van der Waals surface area (Å²) < 4.78 is 2.79. The molecule has 1 N–H and O–H groups in total. The van der Waals surface area contributed by atoms with Gasteiger partial charge in [-0.1, -0.05) is 71.9 Å². The van der Waals surface area contributed by atoms with E-state index in [1.165, 1.54) is 11.8 Å². The van der Waals surface area contributed by atoms with Crippen molar-refractivity contribution in [3.05, 3.63) is 99.7 Å². The van der Waals surface area contributed by atoms with Crippen LogP contribution in [0.2, 0.25) is 5.02 Å². The SMILES string of the molecule is O=C(CSc1nnc(Cc2ccccc2)n1-c1cccc(Cl)c1)Nc1ccccc1Br. The van der Waals surface area contributed by atoms with Crippen molar-refractivity contribution in [1.29, 1.82) is 0 Å². The zero-order valence-corrected chi connectivity index (χ0v) is 19.5. The van der Waals surface area contributed by atoms with E-state index in [2.05, 4.69) is 43.6 Å². The molecular weight excluding hydrogens is 496 g/mol. The largest absolute Gasteiger partial charge is 0.324 e. The molecule has 0 unspecified atom stereocenters. The summed E-state index contributed by atoms with van der Waals surface area (Å²) in [6.45, 7) is 0. The lowest BCUT2D eigenvalue weighted by Gasteiger charge is -2.11. The molecule has 0 atom stereocenters. The number of rotatable bonds is 7. The Morgan fingerprint density at radius 2 is 1.77 bits per heavy atom. The molecule has 0 saturated carbocycles. The molecule has 1 heterocycles. The van der Waals surface area contributed by atoms with Gasteiger partial charge in [0.2, 0.25) is 5.91 Å². The number of amides is 1. The molecule has 4 aromatic rings. The van der Waals surface area contributed by atoms with Crippen LogP contribution in [-0.4, -0.2) is 26.4 Å². The van der Waals surface area contributed by atoms with E-state index in [1.807, 2.05) is 71.3 Å². The molecule has 0 bridgehead atoms. The molecular formula is C23H18BrClN4OS. The number of para-hydroxylation sites is 1. The van der Waals surface area contributed by atoms with E-state index in [-0.39, 0.29) is 11.7 Å². The number of thioether (sulfide) groups is 1. The highest BCUT2D eigenvalue weighted by Gasteiger charge is 2.17. The lowest BCUT2D eigenvalue weighted by atomic mass is 10.1. The minimum atomic E-state index is -0.123. The molecule has 1 amide bonds. The summed E-state index contributed by atoms with van der Waals surface area (Å²) in [6.07, 6.45) is 0.615. The molecule has 31 heavy (non-hydrogen) atoms. The number of hydrogen-bond donors (Lipinski definition) is 1. The van der Waals surface area contributed by atoms with E-state index >= 15 is 0 Å². The van der Waals surface area contributed by atoms with Gasteiger partial charge in [-0.2, -0.15) is 0 Å². The second-order valence-corrected chi connectivity index (χ2v) is 8.93. The number of carbonyl (C=O) groups is 1. The number of nitrogens with zero attached hydrogens (tertiary/aromatic N) is 3. The third kappa shape index (κ3) is 5.55. The van der Waals surface area contributed by atoms with E-state index in [0.717, 1.165) is 27.2 Å². The zero-order chi connectivity index (χ0) is 21.6. The maximum Gasteiger partial charge on any atom is 0.234 e. The van der Waals surface area contributed by atoms with E-state index in [1.54, 1.807) is 0 Å². The summed E-state index contributed by atoms with van der Waals surface area (Å²) >= 11 is 11.0. The van der Waals surface area contributed by atoms with Crippen LogP contribution in [0.1, 0.15) is 11.4 Å². The van der Waals surface area contributed by atoms with Crippen molar-refractivity contribution in [1.82, 2.24) is 14.8 Å². The average Bonchev–Trinajstić information content (AvgIpc) is 3.17. The Kier molecular flexibility index (Phi) is 7.06. The van der Waals surface area contributed by atoms with Crippen molar-refractivity contribution in [2.75, 3.05) is 11.1 Å². The first-order valence-corrected chi connectivity index (χ1v) is 11.7. The zero-order valence-electron chi connectivity index (χ0n) is 16.3. The summed E-state index contributed by atoms with van der Waals surface area (Å²) in [5.41, 5.74) is 2.72. The predicted molar refractivity (Wildman–Crippen MR) is 129 cm³/mol. The number of anilines is 1. The second kappa shape index (κ2) is 10.1. The fourth-order valence-electron chi connectivity index (χ4n) is 3.04. The number of hydrogen-bond acceptors (Lipinski definition) is 4. The van der Waals surface area contributed by atoms with Gasteiger partial charge in [0.15, 0.2) is 5.16 Å². The van der Waals surface area contributed by atoms with Gasteiger partial charge < -0.3 is 5.32 Å². The number of benzene rings is 3. The van der Waals surface area contributed by atoms with Gasteiger partial charge >= 0.3 is 0 Å². The minimum Gasteiger partial charge on any atom is -0.324 e. The lowest BCUT2D eigenvalue weighted by Crippen LogP contribution is -2.15. The second-order valence-electron chi connectivity index (χ2n) is 6.69. The van der Waals surface area contributed by atoms with Crippen LogP contribution in [0.15, 0.2) is 88.5 Å². The fourth-order valence-corrected chi connectivity index (χ4v) is 4.38. The topological polar surface area (TPSA) is 59.8 Å². The normalized spacial score (nSPS) is 10.8.